The van der Waals surface area contributed by atoms with Crippen molar-refractivity contribution in [1.82, 2.24) is 9.88 Å². The topological polar surface area (TPSA) is 89.7 Å². The van der Waals surface area contributed by atoms with Crippen LogP contribution in [-0.4, -0.2) is 34.3 Å². The Morgan fingerprint density at radius 3 is 2.68 bits per heavy atom. The largest absolute Gasteiger partial charge is 0.445 e. The first-order valence-corrected chi connectivity index (χ1v) is 9.05. The maximum absolute atomic E-state index is 12.9. The number of Topliss-reactive ketones (excluding diaryl/α,β-unsaturated/α-hetero) is 1. The van der Waals surface area contributed by atoms with E-state index in [1.807, 2.05) is 30.3 Å². The molecule has 0 unspecified atom stereocenters. The summed E-state index contributed by atoms with van der Waals surface area (Å²) in [7, 11) is 0. The van der Waals surface area contributed by atoms with Crippen LogP contribution in [0.1, 0.15) is 29.1 Å². The van der Waals surface area contributed by atoms with Crippen molar-refractivity contribution in [3.05, 3.63) is 76.5 Å². The van der Waals surface area contributed by atoms with E-state index in [-0.39, 0.29) is 12.5 Å². The van der Waals surface area contributed by atoms with Crippen LogP contribution in [0.25, 0.3) is 10.9 Å². The van der Waals surface area contributed by atoms with E-state index in [1.54, 1.807) is 24.3 Å². The predicted molar refractivity (Wildman–Crippen MR) is 101 cm³/mol. The first-order valence-electron chi connectivity index (χ1n) is 9.05. The van der Waals surface area contributed by atoms with Crippen molar-refractivity contribution in [2.75, 3.05) is 6.54 Å². The zero-order valence-electron chi connectivity index (χ0n) is 15.0. The lowest BCUT2D eigenvalue weighted by Gasteiger charge is -2.22. The van der Waals surface area contributed by atoms with Crippen molar-refractivity contribution >= 4 is 22.8 Å². The van der Waals surface area contributed by atoms with E-state index in [4.69, 9.17) is 9.15 Å². The fraction of sp³-hybridized carbons (Fsp3) is 0.238. The number of para-hydroxylation sites is 1. The number of ether oxygens (including phenoxy) is 1. The molecule has 1 amide bonds. The molecule has 142 valence electrons. The lowest BCUT2D eigenvalue weighted by Crippen LogP contribution is -2.41. The number of aromatic nitrogens is 1. The molecule has 1 aromatic heterocycles. The van der Waals surface area contributed by atoms with E-state index < -0.39 is 23.5 Å². The second kappa shape index (κ2) is 7.64. The van der Waals surface area contributed by atoms with E-state index in [9.17, 15) is 14.4 Å². The van der Waals surface area contributed by atoms with Crippen molar-refractivity contribution in [2.45, 2.75) is 25.5 Å². The average Bonchev–Trinajstić information content (AvgIpc) is 3.22. The number of hydrogen-bond donors (Lipinski definition) is 0. The number of ketones is 1. The van der Waals surface area contributed by atoms with Crippen LogP contribution < -0.4 is 5.63 Å². The minimum Gasteiger partial charge on any atom is -0.445 e. The summed E-state index contributed by atoms with van der Waals surface area (Å²) in [6.45, 7) is 0.530. The maximum atomic E-state index is 12.9. The van der Waals surface area contributed by atoms with E-state index in [2.05, 4.69) is 4.98 Å². The molecule has 1 aliphatic heterocycles. The standard InChI is InChI=1S/C21H18N2O5/c24-18(19-22-16-10-5-4-9-15(16)20(25)28-19)17-11-6-12-23(17)21(26)27-13-14-7-2-1-3-8-14/h1-5,7-10,17H,6,11-13H2/t17-/m0/s1. The lowest BCUT2D eigenvalue weighted by atomic mass is 10.1. The highest BCUT2D eigenvalue weighted by Gasteiger charge is 2.37. The van der Waals surface area contributed by atoms with Gasteiger partial charge in [-0.05, 0) is 30.5 Å². The van der Waals surface area contributed by atoms with Gasteiger partial charge in [0.15, 0.2) is 0 Å². The third-order valence-electron chi connectivity index (χ3n) is 4.74. The quantitative estimate of drug-likeness (QED) is 0.648. The Kier molecular flexibility index (Phi) is 4.89. The van der Waals surface area contributed by atoms with Gasteiger partial charge in [0.05, 0.1) is 10.9 Å². The Morgan fingerprint density at radius 2 is 1.86 bits per heavy atom. The molecule has 1 aliphatic rings. The van der Waals surface area contributed by atoms with Gasteiger partial charge in [0.25, 0.3) is 5.89 Å². The number of fused-ring (bicyclic) bond motifs is 1. The molecule has 1 saturated heterocycles. The van der Waals surface area contributed by atoms with Gasteiger partial charge in [-0.2, -0.15) is 0 Å². The molecular formula is C21H18N2O5. The molecular weight excluding hydrogens is 360 g/mol. The molecule has 4 rings (SSSR count). The third-order valence-corrected chi connectivity index (χ3v) is 4.74. The van der Waals surface area contributed by atoms with Gasteiger partial charge in [0, 0.05) is 6.54 Å². The zero-order chi connectivity index (χ0) is 19.5. The van der Waals surface area contributed by atoms with Crippen molar-refractivity contribution in [1.29, 1.82) is 0 Å². The Bertz CT molecular complexity index is 1080. The summed E-state index contributed by atoms with van der Waals surface area (Å²) in [6, 6.07) is 15.2. The Balaban J connectivity index is 1.52. The molecule has 28 heavy (non-hydrogen) atoms. The Morgan fingerprint density at radius 1 is 1.11 bits per heavy atom. The monoisotopic (exact) mass is 378 g/mol. The molecule has 2 aromatic carbocycles. The van der Waals surface area contributed by atoms with Gasteiger partial charge in [-0.25, -0.2) is 14.6 Å². The lowest BCUT2D eigenvalue weighted by molar-refractivity contribution is 0.0710. The van der Waals surface area contributed by atoms with Crippen LogP contribution >= 0.6 is 0 Å². The molecule has 1 atom stereocenters. The van der Waals surface area contributed by atoms with Gasteiger partial charge >= 0.3 is 11.7 Å². The summed E-state index contributed by atoms with van der Waals surface area (Å²) < 4.78 is 10.5. The van der Waals surface area contributed by atoms with Crippen LogP contribution in [0.5, 0.6) is 0 Å². The van der Waals surface area contributed by atoms with Gasteiger partial charge in [-0.3, -0.25) is 9.69 Å². The van der Waals surface area contributed by atoms with Crippen molar-refractivity contribution in [3.63, 3.8) is 0 Å². The predicted octanol–water partition coefficient (Wildman–Crippen LogP) is 3.17. The normalized spacial score (nSPS) is 16.3. The fourth-order valence-corrected chi connectivity index (χ4v) is 3.33. The number of carbonyl (C=O) groups excluding carboxylic acids is 2. The number of amides is 1. The molecule has 0 saturated carbocycles. The Labute approximate surface area is 160 Å². The summed E-state index contributed by atoms with van der Waals surface area (Å²) >= 11 is 0. The first-order chi connectivity index (χ1) is 13.6. The number of hydrogen-bond acceptors (Lipinski definition) is 6. The fourth-order valence-electron chi connectivity index (χ4n) is 3.33. The first kappa shape index (κ1) is 17.9. The van der Waals surface area contributed by atoms with Crippen LogP contribution in [-0.2, 0) is 11.3 Å². The Hall–Kier alpha value is -3.48. The van der Waals surface area contributed by atoms with Crippen LogP contribution in [0.15, 0.2) is 63.8 Å². The van der Waals surface area contributed by atoms with E-state index in [1.165, 1.54) is 4.90 Å². The van der Waals surface area contributed by atoms with Crippen LogP contribution in [0.3, 0.4) is 0 Å². The van der Waals surface area contributed by atoms with E-state index in [0.717, 1.165) is 5.56 Å². The molecule has 0 N–H and O–H groups in total. The smallest absolute Gasteiger partial charge is 0.410 e. The number of carbonyl (C=O) groups is 2. The molecule has 0 radical (unpaired) electrons. The van der Waals surface area contributed by atoms with Gasteiger partial charge in [0.1, 0.15) is 12.6 Å². The van der Waals surface area contributed by atoms with Crippen LogP contribution in [0.4, 0.5) is 4.79 Å². The zero-order valence-corrected chi connectivity index (χ0v) is 15.0. The highest BCUT2D eigenvalue weighted by Crippen LogP contribution is 2.22. The second-order valence-electron chi connectivity index (χ2n) is 6.58. The molecule has 0 aliphatic carbocycles. The van der Waals surface area contributed by atoms with Gasteiger partial charge in [-0.1, -0.05) is 42.5 Å². The summed E-state index contributed by atoms with van der Waals surface area (Å²) in [5.74, 6) is -0.770. The van der Waals surface area contributed by atoms with Gasteiger partial charge in [-0.15, -0.1) is 0 Å². The van der Waals surface area contributed by atoms with Crippen LogP contribution in [0, 0.1) is 0 Å². The van der Waals surface area contributed by atoms with Gasteiger partial charge < -0.3 is 9.15 Å². The summed E-state index contributed by atoms with van der Waals surface area (Å²) in [4.78, 5) is 43.0. The van der Waals surface area contributed by atoms with Crippen molar-refractivity contribution < 1.29 is 18.7 Å². The maximum Gasteiger partial charge on any atom is 0.410 e. The number of rotatable bonds is 4. The summed E-state index contributed by atoms with van der Waals surface area (Å²) in [5.41, 5.74) is 0.628. The SMILES string of the molecule is O=C(c1nc2ccccc2c(=O)o1)[C@@H]1CCCN1C(=O)OCc1ccccc1. The third kappa shape index (κ3) is 3.51. The molecule has 1 fully saturated rings. The minimum absolute atomic E-state index is 0.125. The van der Waals surface area contributed by atoms with Crippen molar-refractivity contribution in [3.8, 4) is 0 Å². The summed E-state index contributed by atoms with van der Waals surface area (Å²) in [5, 5.41) is 0.310. The molecule has 0 spiro atoms. The van der Waals surface area contributed by atoms with Crippen LogP contribution in [0.2, 0.25) is 0 Å². The summed E-state index contributed by atoms with van der Waals surface area (Å²) in [6.07, 6.45) is 0.564. The number of nitrogens with zero attached hydrogens (tertiary/aromatic N) is 2. The molecule has 7 heteroatoms. The molecule has 0 bridgehead atoms. The highest BCUT2D eigenvalue weighted by molar-refractivity contribution is 5.99. The molecule has 3 aromatic rings. The molecule has 2 heterocycles. The highest BCUT2D eigenvalue weighted by atomic mass is 16.6. The van der Waals surface area contributed by atoms with E-state index >= 15 is 0 Å². The average molecular weight is 378 g/mol. The van der Waals surface area contributed by atoms with E-state index in [0.29, 0.717) is 30.3 Å². The second-order valence-corrected chi connectivity index (χ2v) is 6.58. The number of benzene rings is 2. The minimum atomic E-state index is -0.750. The van der Waals surface area contributed by atoms with Crippen molar-refractivity contribution in [2.24, 2.45) is 0 Å². The van der Waals surface area contributed by atoms with Gasteiger partial charge in [0.2, 0.25) is 5.78 Å². The molecule has 7 nitrogen and oxygen atoms in total. The number of likely N-dealkylation sites (tertiary alicyclic amines) is 1.